The number of hydrogen-bond donors (Lipinski definition) is 2. The quantitative estimate of drug-likeness (QED) is 0.760. The van der Waals surface area contributed by atoms with Crippen LogP contribution in [0.4, 0.5) is 0 Å². The van der Waals surface area contributed by atoms with E-state index in [0.29, 0.717) is 11.3 Å². The fraction of sp³-hybridized carbons (Fsp3) is 0.667. The molecule has 1 saturated carbocycles. The van der Waals surface area contributed by atoms with Crippen LogP contribution in [0, 0.1) is 11.3 Å². The predicted molar refractivity (Wildman–Crippen MR) is 68.7 cm³/mol. The minimum Gasteiger partial charge on any atom is -0.340 e. The highest BCUT2D eigenvalue weighted by molar-refractivity contribution is 7.99. The number of hydrogen-bond acceptors (Lipinski definition) is 4. The largest absolute Gasteiger partial charge is 0.340 e. The van der Waals surface area contributed by atoms with E-state index in [1.165, 1.54) is 12.8 Å². The molecule has 2 atom stereocenters. The van der Waals surface area contributed by atoms with Crippen molar-refractivity contribution in [2.75, 3.05) is 0 Å². The molecule has 4 nitrogen and oxygen atoms in total. The summed E-state index contributed by atoms with van der Waals surface area (Å²) >= 11 is 1.68. The molecule has 5 heteroatoms. The molecular formula is C12H18N4S. The van der Waals surface area contributed by atoms with Gasteiger partial charge in [-0.2, -0.15) is 5.26 Å². The lowest BCUT2D eigenvalue weighted by Crippen LogP contribution is -2.44. The molecule has 17 heavy (non-hydrogen) atoms. The van der Waals surface area contributed by atoms with Crippen LogP contribution < -0.4 is 5.32 Å². The Balaban J connectivity index is 1.86. The van der Waals surface area contributed by atoms with E-state index in [0.717, 1.165) is 11.6 Å². The zero-order chi connectivity index (χ0) is 12.3. The van der Waals surface area contributed by atoms with Crippen LogP contribution in [0.1, 0.15) is 33.1 Å². The average molecular weight is 250 g/mol. The second-order valence-corrected chi connectivity index (χ2v) is 6.32. The van der Waals surface area contributed by atoms with Gasteiger partial charge in [-0.05, 0) is 26.2 Å². The van der Waals surface area contributed by atoms with Gasteiger partial charge in [-0.3, -0.25) is 5.32 Å². The lowest BCUT2D eigenvalue weighted by Gasteiger charge is -2.26. The number of nitrogens with zero attached hydrogens (tertiary/aromatic N) is 2. The van der Waals surface area contributed by atoms with Gasteiger partial charge in [0.25, 0.3) is 0 Å². The Labute approximate surface area is 106 Å². The molecule has 2 rings (SSSR count). The van der Waals surface area contributed by atoms with Gasteiger partial charge in [-0.25, -0.2) is 4.98 Å². The third kappa shape index (κ3) is 3.76. The van der Waals surface area contributed by atoms with E-state index < -0.39 is 5.54 Å². The van der Waals surface area contributed by atoms with Crippen molar-refractivity contribution in [3.05, 3.63) is 12.4 Å². The first-order chi connectivity index (χ1) is 8.11. The Morgan fingerprint density at radius 1 is 1.76 bits per heavy atom. The Kier molecular flexibility index (Phi) is 3.75. The number of aromatic amines is 1. The highest BCUT2D eigenvalue weighted by Gasteiger charge is 2.33. The number of nitrogens with one attached hydrogen (secondary N) is 2. The molecule has 1 fully saturated rings. The summed E-state index contributed by atoms with van der Waals surface area (Å²) in [6.45, 7) is 4.13. The van der Waals surface area contributed by atoms with E-state index >= 15 is 0 Å². The van der Waals surface area contributed by atoms with Crippen molar-refractivity contribution in [2.45, 2.75) is 55.1 Å². The Morgan fingerprint density at radius 3 is 3.06 bits per heavy atom. The first-order valence-electron chi connectivity index (χ1n) is 5.96. The zero-order valence-electron chi connectivity index (χ0n) is 10.2. The van der Waals surface area contributed by atoms with Crippen LogP contribution in [0.25, 0.3) is 0 Å². The van der Waals surface area contributed by atoms with Crippen LogP contribution in [0.15, 0.2) is 17.6 Å². The summed E-state index contributed by atoms with van der Waals surface area (Å²) in [6.07, 6.45) is 6.81. The SMILES string of the molecule is CC(CC(C)(C#N)NC1CC1)Sc1ncc[nH]1. The Hall–Kier alpha value is -0.990. The van der Waals surface area contributed by atoms with Crippen LogP contribution in [0.2, 0.25) is 0 Å². The minimum atomic E-state index is -0.416. The fourth-order valence-corrected chi connectivity index (χ4v) is 2.99. The van der Waals surface area contributed by atoms with Crippen molar-refractivity contribution in [2.24, 2.45) is 0 Å². The highest BCUT2D eigenvalue weighted by Crippen LogP contribution is 2.29. The predicted octanol–water partition coefficient (Wildman–Crippen LogP) is 2.31. The van der Waals surface area contributed by atoms with Gasteiger partial charge in [0.1, 0.15) is 5.54 Å². The Bertz CT molecular complexity index is 393. The normalized spacial score (nSPS) is 20.5. The van der Waals surface area contributed by atoms with E-state index in [4.69, 9.17) is 0 Å². The van der Waals surface area contributed by atoms with Gasteiger partial charge in [0.05, 0.1) is 6.07 Å². The number of nitriles is 1. The van der Waals surface area contributed by atoms with Crippen molar-refractivity contribution in [1.82, 2.24) is 15.3 Å². The standard InChI is InChI=1S/C12H18N4S/c1-9(17-11-14-5-6-15-11)7-12(2,8-13)16-10-3-4-10/h5-6,9-10,16H,3-4,7H2,1-2H3,(H,14,15). The maximum atomic E-state index is 9.29. The summed E-state index contributed by atoms with van der Waals surface area (Å²) in [5.41, 5.74) is -0.416. The van der Waals surface area contributed by atoms with Crippen molar-refractivity contribution >= 4 is 11.8 Å². The van der Waals surface area contributed by atoms with E-state index in [-0.39, 0.29) is 0 Å². The molecule has 1 aliphatic rings. The van der Waals surface area contributed by atoms with Crippen molar-refractivity contribution in [1.29, 1.82) is 5.26 Å². The number of aromatic nitrogens is 2. The summed E-state index contributed by atoms with van der Waals surface area (Å²) in [4.78, 5) is 7.26. The summed E-state index contributed by atoms with van der Waals surface area (Å²) < 4.78 is 0. The first-order valence-corrected chi connectivity index (χ1v) is 6.84. The molecular weight excluding hydrogens is 232 g/mol. The summed E-state index contributed by atoms with van der Waals surface area (Å²) in [5.74, 6) is 0. The second-order valence-electron chi connectivity index (χ2n) is 4.89. The van der Waals surface area contributed by atoms with Crippen LogP contribution >= 0.6 is 11.8 Å². The van der Waals surface area contributed by atoms with Gasteiger partial charge in [0.15, 0.2) is 5.16 Å². The molecule has 2 N–H and O–H groups in total. The lowest BCUT2D eigenvalue weighted by atomic mass is 9.98. The molecule has 0 amide bonds. The molecule has 1 aromatic heterocycles. The molecule has 0 aliphatic heterocycles. The Morgan fingerprint density at radius 2 is 2.53 bits per heavy atom. The molecule has 1 aromatic rings. The van der Waals surface area contributed by atoms with Crippen LogP contribution in [0.3, 0.4) is 0 Å². The van der Waals surface area contributed by atoms with E-state index in [1.807, 2.05) is 13.1 Å². The monoisotopic (exact) mass is 250 g/mol. The molecule has 0 radical (unpaired) electrons. The number of H-pyrrole nitrogens is 1. The van der Waals surface area contributed by atoms with Gasteiger partial charge < -0.3 is 4.98 Å². The van der Waals surface area contributed by atoms with Crippen molar-refractivity contribution in [3.63, 3.8) is 0 Å². The third-order valence-corrected chi connectivity index (χ3v) is 3.84. The topological polar surface area (TPSA) is 64.5 Å². The molecule has 92 valence electrons. The smallest absolute Gasteiger partial charge is 0.165 e. The van der Waals surface area contributed by atoms with E-state index in [2.05, 4.69) is 28.3 Å². The second kappa shape index (κ2) is 5.11. The summed E-state index contributed by atoms with van der Waals surface area (Å²) in [6, 6.07) is 2.96. The van der Waals surface area contributed by atoms with Crippen LogP contribution in [0.5, 0.6) is 0 Å². The number of rotatable bonds is 6. The zero-order valence-corrected chi connectivity index (χ0v) is 11.0. The van der Waals surface area contributed by atoms with Crippen molar-refractivity contribution in [3.8, 4) is 6.07 Å². The van der Waals surface area contributed by atoms with Crippen molar-refractivity contribution < 1.29 is 0 Å². The van der Waals surface area contributed by atoms with Gasteiger partial charge in [0.2, 0.25) is 0 Å². The summed E-state index contributed by atoms with van der Waals surface area (Å²) in [5, 5.41) is 14.0. The molecule has 0 saturated heterocycles. The maximum Gasteiger partial charge on any atom is 0.165 e. The maximum absolute atomic E-state index is 9.29. The fourth-order valence-electron chi connectivity index (χ4n) is 1.94. The number of thioether (sulfide) groups is 1. The minimum absolute atomic E-state index is 0.358. The van der Waals surface area contributed by atoms with Gasteiger partial charge in [-0.1, -0.05) is 18.7 Å². The summed E-state index contributed by atoms with van der Waals surface area (Å²) in [7, 11) is 0. The van der Waals surface area contributed by atoms with Gasteiger partial charge in [-0.15, -0.1) is 0 Å². The number of imidazole rings is 1. The van der Waals surface area contributed by atoms with Crippen LogP contribution in [-0.2, 0) is 0 Å². The molecule has 2 unspecified atom stereocenters. The van der Waals surface area contributed by atoms with E-state index in [9.17, 15) is 5.26 Å². The lowest BCUT2D eigenvalue weighted by molar-refractivity contribution is 0.414. The van der Waals surface area contributed by atoms with Gasteiger partial charge in [0, 0.05) is 23.7 Å². The average Bonchev–Trinajstić information content (AvgIpc) is 2.92. The van der Waals surface area contributed by atoms with E-state index in [1.54, 1.807) is 18.0 Å². The molecule has 1 heterocycles. The first kappa shape index (κ1) is 12.5. The van der Waals surface area contributed by atoms with Crippen LogP contribution in [-0.4, -0.2) is 26.8 Å². The molecule has 1 aliphatic carbocycles. The molecule has 0 spiro atoms. The van der Waals surface area contributed by atoms with Gasteiger partial charge >= 0.3 is 0 Å². The molecule has 0 bridgehead atoms. The third-order valence-electron chi connectivity index (χ3n) is 2.83. The highest BCUT2D eigenvalue weighted by atomic mass is 32.2. The molecule has 0 aromatic carbocycles.